The van der Waals surface area contributed by atoms with Gasteiger partial charge >= 0.3 is 6.09 Å². The number of halogens is 2. The molecule has 3 aromatic rings. The Bertz CT molecular complexity index is 1240. The van der Waals surface area contributed by atoms with Crippen molar-refractivity contribution in [3.63, 3.8) is 0 Å². The third kappa shape index (κ3) is 6.46. The minimum Gasteiger partial charge on any atom is -0.493 e. The van der Waals surface area contributed by atoms with E-state index in [0.717, 1.165) is 25.7 Å². The highest BCUT2D eigenvalue weighted by Crippen LogP contribution is 2.37. The van der Waals surface area contributed by atoms with E-state index in [0.29, 0.717) is 33.9 Å². The van der Waals surface area contributed by atoms with Gasteiger partial charge in [0.2, 0.25) is 0 Å². The van der Waals surface area contributed by atoms with E-state index in [1.807, 2.05) is 26.8 Å². The fourth-order valence-electron chi connectivity index (χ4n) is 4.10. The van der Waals surface area contributed by atoms with Gasteiger partial charge in [-0.1, -0.05) is 11.6 Å². The Morgan fingerprint density at radius 2 is 1.83 bits per heavy atom. The summed E-state index contributed by atoms with van der Waals surface area (Å²) in [5, 5.41) is 6.85. The predicted molar refractivity (Wildman–Crippen MR) is 137 cm³/mol. The number of methoxy groups -OCH3 is 1. The van der Waals surface area contributed by atoms with Gasteiger partial charge in [-0.3, -0.25) is 0 Å². The lowest BCUT2D eigenvalue weighted by Crippen LogP contribution is -2.42. The molecule has 0 spiro atoms. The zero-order chi connectivity index (χ0) is 25.9. The van der Waals surface area contributed by atoms with Gasteiger partial charge < -0.3 is 24.8 Å². The van der Waals surface area contributed by atoms with Gasteiger partial charge in [0.15, 0.2) is 11.5 Å². The van der Waals surface area contributed by atoms with Crippen LogP contribution in [0.1, 0.15) is 46.5 Å². The molecule has 2 aromatic carbocycles. The third-order valence-corrected chi connectivity index (χ3v) is 6.08. The Morgan fingerprint density at radius 1 is 1.08 bits per heavy atom. The summed E-state index contributed by atoms with van der Waals surface area (Å²) < 4.78 is 30.8. The van der Waals surface area contributed by atoms with Crippen LogP contribution in [0.5, 0.6) is 11.5 Å². The molecule has 10 heteroatoms. The van der Waals surface area contributed by atoms with Crippen LogP contribution in [0.3, 0.4) is 0 Å². The Kier molecular flexibility index (Phi) is 7.68. The van der Waals surface area contributed by atoms with E-state index >= 15 is 0 Å². The summed E-state index contributed by atoms with van der Waals surface area (Å²) in [6.07, 6.45) is 4.10. The molecule has 0 bridgehead atoms. The first kappa shape index (κ1) is 25.8. The predicted octanol–water partition coefficient (Wildman–Crippen LogP) is 6.39. The average molecular weight is 517 g/mol. The first-order valence-electron chi connectivity index (χ1n) is 11.8. The normalized spacial score (nSPS) is 17.9. The highest BCUT2D eigenvalue weighted by Gasteiger charge is 2.26. The van der Waals surface area contributed by atoms with Gasteiger partial charge in [-0.15, -0.1) is 0 Å². The number of hydrogen-bond donors (Lipinski definition) is 2. The highest BCUT2D eigenvalue weighted by molar-refractivity contribution is 6.31. The zero-order valence-corrected chi connectivity index (χ0v) is 21.5. The monoisotopic (exact) mass is 516 g/mol. The molecule has 0 unspecified atom stereocenters. The number of nitrogens with one attached hydrogen (secondary N) is 2. The maximum atomic E-state index is 13.6. The topological polar surface area (TPSA) is 94.6 Å². The molecule has 1 amide bonds. The van der Waals surface area contributed by atoms with E-state index in [9.17, 15) is 9.18 Å². The molecule has 0 aliphatic heterocycles. The van der Waals surface area contributed by atoms with Crippen molar-refractivity contribution < 1.29 is 23.4 Å². The summed E-state index contributed by atoms with van der Waals surface area (Å²) in [5.74, 6) is 1.17. The second-order valence-electron chi connectivity index (χ2n) is 9.73. The van der Waals surface area contributed by atoms with Crippen LogP contribution < -0.4 is 20.1 Å². The lowest BCUT2D eigenvalue weighted by atomic mass is 9.93. The SMILES string of the molecule is COc1cc2ncnc(Nc3ccc(F)c(Cl)c3)c2cc1OC1CCC(NC(=O)OC(C)(C)C)CC1. The molecule has 1 aliphatic carbocycles. The van der Waals surface area contributed by atoms with Crippen molar-refractivity contribution in [2.24, 2.45) is 0 Å². The molecular weight excluding hydrogens is 487 g/mol. The number of carbonyl (C=O) groups is 1. The Hall–Kier alpha value is -3.33. The van der Waals surface area contributed by atoms with Gasteiger partial charge in [-0.05, 0) is 70.7 Å². The minimum atomic E-state index is -0.530. The number of ether oxygens (including phenoxy) is 3. The first-order valence-corrected chi connectivity index (χ1v) is 12.2. The molecule has 0 saturated heterocycles. The molecule has 1 aliphatic rings. The molecule has 36 heavy (non-hydrogen) atoms. The summed E-state index contributed by atoms with van der Waals surface area (Å²) in [4.78, 5) is 20.8. The number of alkyl carbamates (subject to hydrolysis) is 1. The summed E-state index contributed by atoms with van der Waals surface area (Å²) in [5.41, 5.74) is 0.725. The van der Waals surface area contributed by atoms with Crippen LogP contribution in [-0.4, -0.2) is 40.9 Å². The van der Waals surface area contributed by atoms with E-state index in [2.05, 4.69) is 20.6 Å². The Morgan fingerprint density at radius 3 is 2.50 bits per heavy atom. The van der Waals surface area contributed by atoms with Gasteiger partial charge in [0, 0.05) is 23.2 Å². The van der Waals surface area contributed by atoms with Gasteiger partial charge in [0.1, 0.15) is 23.6 Å². The number of aromatic nitrogens is 2. The number of benzene rings is 2. The second-order valence-corrected chi connectivity index (χ2v) is 10.1. The van der Waals surface area contributed by atoms with Crippen molar-refractivity contribution in [3.8, 4) is 11.5 Å². The van der Waals surface area contributed by atoms with Crippen LogP contribution in [0.4, 0.5) is 20.7 Å². The number of carbonyl (C=O) groups excluding carboxylic acids is 1. The number of anilines is 2. The van der Waals surface area contributed by atoms with E-state index in [1.54, 1.807) is 19.2 Å². The first-order chi connectivity index (χ1) is 17.1. The molecule has 1 fully saturated rings. The summed E-state index contributed by atoms with van der Waals surface area (Å²) in [6, 6.07) is 8.05. The number of nitrogens with zero attached hydrogens (tertiary/aromatic N) is 2. The summed E-state index contributed by atoms with van der Waals surface area (Å²) in [7, 11) is 1.58. The average Bonchev–Trinajstić information content (AvgIpc) is 2.81. The maximum Gasteiger partial charge on any atom is 0.407 e. The van der Waals surface area contributed by atoms with Crippen LogP contribution in [-0.2, 0) is 4.74 Å². The number of fused-ring (bicyclic) bond motifs is 1. The fraction of sp³-hybridized carbons (Fsp3) is 0.423. The van der Waals surface area contributed by atoms with Crippen molar-refractivity contribution in [3.05, 3.63) is 47.5 Å². The van der Waals surface area contributed by atoms with Crippen LogP contribution in [0.25, 0.3) is 10.9 Å². The highest BCUT2D eigenvalue weighted by atomic mass is 35.5. The van der Waals surface area contributed by atoms with Crippen molar-refractivity contribution in [2.45, 2.75) is 64.2 Å². The Balaban J connectivity index is 1.47. The minimum absolute atomic E-state index is 0.0146. The lowest BCUT2D eigenvalue weighted by Gasteiger charge is -2.30. The summed E-state index contributed by atoms with van der Waals surface area (Å²) >= 11 is 5.92. The van der Waals surface area contributed by atoms with E-state index in [-0.39, 0.29) is 17.2 Å². The molecule has 0 radical (unpaired) electrons. The maximum absolute atomic E-state index is 13.6. The molecule has 1 heterocycles. The molecule has 1 saturated carbocycles. The quantitative estimate of drug-likeness (QED) is 0.392. The van der Waals surface area contributed by atoms with Crippen molar-refractivity contribution in [2.75, 3.05) is 12.4 Å². The van der Waals surface area contributed by atoms with E-state index < -0.39 is 17.5 Å². The molecule has 2 N–H and O–H groups in total. The van der Waals surface area contributed by atoms with Crippen LogP contribution in [0, 0.1) is 5.82 Å². The smallest absolute Gasteiger partial charge is 0.407 e. The van der Waals surface area contributed by atoms with Crippen molar-refractivity contribution in [1.29, 1.82) is 0 Å². The molecule has 1 aromatic heterocycles. The van der Waals surface area contributed by atoms with Gasteiger partial charge in [0.05, 0.1) is 23.8 Å². The standard InChI is InChI=1S/C26H30ClFN4O4/c1-26(2,3)36-25(33)32-15-5-8-17(9-6-15)35-23-12-18-21(13-22(23)34-4)29-14-30-24(18)31-16-7-10-20(28)19(27)11-16/h7,10-15,17H,5-6,8-9H2,1-4H3,(H,32,33)(H,29,30,31). The molecule has 0 atom stereocenters. The van der Waals surface area contributed by atoms with Crippen LogP contribution >= 0.6 is 11.6 Å². The molecule has 192 valence electrons. The van der Waals surface area contributed by atoms with Gasteiger partial charge in [-0.25, -0.2) is 19.2 Å². The van der Waals surface area contributed by atoms with E-state index in [4.69, 9.17) is 25.8 Å². The fourth-order valence-corrected chi connectivity index (χ4v) is 4.29. The molecular formula is C26H30ClFN4O4. The van der Waals surface area contributed by atoms with Crippen molar-refractivity contribution in [1.82, 2.24) is 15.3 Å². The number of hydrogen-bond acceptors (Lipinski definition) is 7. The number of rotatable bonds is 6. The second kappa shape index (κ2) is 10.7. The van der Waals surface area contributed by atoms with Gasteiger partial charge in [0.25, 0.3) is 0 Å². The number of amides is 1. The van der Waals surface area contributed by atoms with E-state index in [1.165, 1.54) is 18.5 Å². The molecule has 4 rings (SSSR count). The Labute approximate surface area is 214 Å². The molecule has 8 nitrogen and oxygen atoms in total. The van der Waals surface area contributed by atoms with Gasteiger partial charge in [-0.2, -0.15) is 0 Å². The van der Waals surface area contributed by atoms with Crippen LogP contribution in [0.15, 0.2) is 36.7 Å². The third-order valence-electron chi connectivity index (χ3n) is 5.79. The zero-order valence-electron chi connectivity index (χ0n) is 20.7. The van der Waals surface area contributed by atoms with Crippen LogP contribution in [0.2, 0.25) is 5.02 Å². The largest absolute Gasteiger partial charge is 0.493 e. The van der Waals surface area contributed by atoms with Crippen molar-refractivity contribution >= 4 is 40.1 Å². The lowest BCUT2D eigenvalue weighted by molar-refractivity contribution is 0.0470. The summed E-state index contributed by atoms with van der Waals surface area (Å²) in [6.45, 7) is 5.53.